The van der Waals surface area contributed by atoms with Gasteiger partial charge in [0, 0.05) is 61.0 Å². The van der Waals surface area contributed by atoms with Crippen LogP contribution in [0.5, 0.6) is 11.5 Å². The zero-order valence-electron chi connectivity index (χ0n) is 40.9. The summed E-state index contributed by atoms with van der Waals surface area (Å²) in [5.74, 6) is -1.43. The molecule has 0 bridgehead atoms. The van der Waals surface area contributed by atoms with E-state index in [-0.39, 0.29) is 76.1 Å². The lowest BCUT2D eigenvalue weighted by Gasteiger charge is -2.48. The van der Waals surface area contributed by atoms with Crippen molar-refractivity contribution in [3.8, 4) is 11.5 Å². The fourth-order valence-electron chi connectivity index (χ4n) is 12.0. The number of Topliss-reactive ketones (excluding diaryl/α,β-unsaturated/α-hetero) is 6. The van der Waals surface area contributed by atoms with Crippen LogP contribution in [-0.2, 0) is 38.4 Å². The first-order valence-electron chi connectivity index (χ1n) is 25.5. The molecule has 0 radical (unpaired) electrons. The highest BCUT2D eigenvalue weighted by atomic mass is 16.5. The van der Waals surface area contributed by atoms with E-state index in [2.05, 4.69) is 19.9 Å². The third kappa shape index (κ3) is 10.5. The van der Waals surface area contributed by atoms with Crippen molar-refractivity contribution in [3.05, 3.63) is 129 Å². The van der Waals surface area contributed by atoms with E-state index in [0.717, 1.165) is 65.5 Å². The molecular weight excluding hydrogens is 901 g/mol. The Hall–Kier alpha value is -6.69. The Morgan fingerprint density at radius 1 is 0.563 bits per heavy atom. The lowest BCUT2D eigenvalue weighted by atomic mass is 9.56. The number of ether oxygens (including phenoxy) is 2. The third-order valence-corrected chi connectivity index (χ3v) is 15.3. The molecule has 12 rings (SSSR count). The summed E-state index contributed by atoms with van der Waals surface area (Å²) in [7, 11) is 0. The molecule has 8 aliphatic rings. The van der Waals surface area contributed by atoms with Crippen LogP contribution in [0.25, 0.3) is 11.0 Å². The number of benzene rings is 3. The molecule has 2 saturated carbocycles. The number of rotatable bonds is 2. The number of fused-ring (bicyclic) bond motifs is 10. The quantitative estimate of drug-likeness (QED) is 0.0609. The molecule has 4 unspecified atom stereocenters. The molecule has 2 aliphatic heterocycles. The molecule has 12 nitrogen and oxygen atoms in total. The number of carbonyl (C=O) groups is 8. The zero-order chi connectivity index (χ0) is 50.4. The van der Waals surface area contributed by atoms with Crippen molar-refractivity contribution in [1.82, 2.24) is 0 Å². The van der Waals surface area contributed by atoms with Gasteiger partial charge in [-0.15, -0.1) is 0 Å². The Kier molecular flexibility index (Phi) is 15.8. The number of hydrogen-bond donors (Lipinski definition) is 0. The number of ketones is 6. The predicted molar refractivity (Wildman–Crippen MR) is 265 cm³/mol. The van der Waals surface area contributed by atoms with Crippen molar-refractivity contribution < 1.29 is 52.2 Å². The monoisotopic (exact) mass is 962 g/mol. The Balaban J connectivity index is 0.000000130. The second kappa shape index (κ2) is 22.2. The van der Waals surface area contributed by atoms with Gasteiger partial charge in [-0.2, -0.15) is 0 Å². The molecule has 71 heavy (non-hydrogen) atoms. The van der Waals surface area contributed by atoms with Gasteiger partial charge >= 0.3 is 17.6 Å². The van der Waals surface area contributed by atoms with Crippen molar-refractivity contribution in [2.75, 3.05) is 0 Å². The molecule has 6 aliphatic carbocycles. The van der Waals surface area contributed by atoms with Crippen molar-refractivity contribution in [2.24, 2.45) is 23.2 Å². The summed E-state index contributed by atoms with van der Waals surface area (Å²) < 4.78 is 16.0. The topological polar surface area (TPSA) is 185 Å². The predicted octanol–water partition coefficient (Wildman–Crippen LogP) is 10.8. The number of carbonyl (C=O) groups excluding carboxylic acids is 8. The summed E-state index contributed by atoms with van der Waals surface area (Å²) in [5, 5.41) is 0.951. The van der Waals surface area contributed by atoms with Crippen molar-refractivity contribution >= 4 is 57.6 Å². The van der Waals surface area contributed by atoms with Gasteiger partial charge in [0.15, 0.2) is 28.9 Å². The van der Waals surface area contributed by atoms with Crippen molar-refractivity contribution in [3.63, 3.8) is 0 Å². The summed E-state index contributed by atoms with van der Waals surface area (Å²) in [6.45, 7) is 5.66. The normalized spacial score (nSPS) is 23.7. The zero-order valence-corrected chi connectivity index (χ0v) is 40.9. The van der Waals surface area contributed by atoms with Crippen LogP contribution in [-0.4, -0.2) is 46.6 Å². The van der Waals surface area contributed by atoms with Crippen LogP contribution in [0.15, 0.2) is 116 Å². The maximum absolute atomic E-state index is 12.8. The summed E-state index contributed by atoms with van der Waals surface area (Å²) in [6.07, 6.45) is 14.0. The van der Waals surface area contributed by atoms with Crippen LogP contribution in [0, 0.1) is 23.2 Å². The summed E-state index contributed by atoms with van der Waals surface area (Å²) >= 11 is 0. The van der Waals surface area contributed by atoms with Gasteiger partial charge in [-0.25, -0.2) is 4.79 Å². The number of para-hydroxylation sites is 3. The number of unbranched alkanes of at least 4 members (excludes halogenated alkanes) is 1. The molecule has 3 aromatic carbocycles. The van der Waals surface area contributed by atoms with Crippen LogP contribution >= 0.6 is 0 Å². The first-order valence-corrected chi connectivity index (χ1v) is 25.5. The Labute approximate surface area is 413 Å². The van der Waals surface area contributed by atoms with Gasteiger partial charge in [-0.1, -0.05) is 94.1 Å². The van der Waals surface area contributed by atoms with E-state index in [1.54, 1.807) is 18.2 Å². The van der Waals surface area contributed by atoms with Gasteiger partial charge in [0.2, 0.25) is 0 Å². The van der Waals surface area contributed by atoms with Crippen LogP contribution in [0.3, 0.4) is 0 Å². The second-order valence-corrected chi connectivity index (χ2v) is 19.9. The van der Waals surface area contributed by atoms with Gasteiger partial charge in [-0.3, -0.25) is 38.4 Å². The van der Waals surface area contributed by atoms with Crippen LogP contribution < -0.4 is 15.1 Å². The average molecular weight is 963 g/mol. The highest BCUT2D eigenvalue weighted by molar-refractivity contribution is 6.23. The van der Waals surface area contributed by atoms with Crippen LogP contribution in [0.4, 0.5) is 0 Å². The molecule has 370 valence electrons. The standard InChI is InChI=1S/C21H22O3.C17H14O4.C9H6O2.C8H10O3.C4H10/c22-16-8-5-7-14-18-15(12-21(19(14)16)10-3-4-11-21)13-6-1-2-9-17(13)24-20(18)23;18-12-6-3-5-10-15-11(8-13(19)16(10)12)9-4-1-2-7-14(9)21-17(15)20;10-9-6-5-7-3-1-2-4-8(7)11-9;1-5(9)8-6(10)3-2-4-7(8)11;1-3-4-2/h1-2,6,9,15,18H,3-5,7-8,10-12H2;1-2,4,7,11,15H,3,5-6,8H2;1-6H;8H,2-4H2,1H3;3-4H2,1-2H3. The van der Waals surface area contributed by atoms with Gasteiger partial charge in [0.25, 0.3) is 0 Å². The largest absolute Gasteiger partial charge is 0.426 e. The number of allylic oxidation sites excluding steroid dienone is 2. The minimum Gasteiger partial charge on any atom is -0.426 e. The Morgan fingerprint density at radius 3 is 1.70 bits per heavy atom. The first-order chi connectivity index (χ1) is 34.3. The van der Waals surface area contributed by atoms with Crippen molar-refractivity contribution in [2.45, 2.75) is 142 Å². The third-order valence-electron chi connectivity index (χ3n) is 15.3. The second-order valence-electron chi connectivity index (χ2n) is 19.9. The van der Waals surface area contributed by atoms with Gasteiger partial charge < -0.3 is 13.9 Å². The van der Waals surface area contributed by atoms with E-state index in [0.29, 0.717) is 73.2 Å². The van der Waals surface area contributed by atoms with E-state index < -0.39 is 11.8 Å². The Bertz CT molecular complexity index is 2890. The smallest absolute Gasteiger partial charge is 0.336 e. The fourth-order valence-corrected chi connectivity index (χ4v) is 12.0. The molecule has 3 heterocycles. The maximum atomic E-state index is 12.8. The first kappa shape index (κ1) is 50.7. The fraction of sp³-hybridized carbons (Fsp3) is 0.441. The minimum absolute atomic E-state index is 0.0265. The molecule has 1 spiro atoms. The van der Waals surface area contributed by atoms with Crippen molar-refractivity contribution in [1.29, 1.82) is 0 Å². The summed E-state index contributed by atoms with van der Waals surface area (Å²) in [4.78, 5) is 106. The van der Waals surface area contributed by atoms with Crippen LogP contribution in [0.2, 0.25) is 0 Å². The number of hydrogen-bond acceptors (Lipinski definition) is 12. The van der Waals surface area contributed by atoms with Gasteiger partial charge in [-0.05, 0) is 110 Å². The Morgan fingerprint density at radius 2 is 1.10 bits per heavy atom. The van der Waals surface area contributed by atoms with Gasteiger partial charge in [0.1, 0.15) is 28.8 Å². The van der Waals surface area contributed by atoms with E-state index in [4.69, 9.17) is 13.9 Å². The average Bonchev–Trinajstić information content (AvgIpc) is 3.82. The van der Waals surface area contributed by atoms with Crippen LogP contribution in [0.1, 0.15) is 153 Å². The van der Waals surface area contributed by atoms with Gasteiger partial charge in [0.05, 0.1) is 17.4 Å². The summed E-state index contributed by atoms with van der Waals surface area (Å²) in [5.41, 5.74) is 5.61. The lowest BCUT2D eigenvalue weighted by molar-refractivity contribution is -0.143. The molecule has 0 amide bonds. The molecular formula is C59H62O12. The molecule has 12 heteroatoms. The lowest BCUT2D eigenvalue weighted by Crippen LogP contribution is -2.44. The maximum Gasteiger partial charge on any atom is 0.336 e. The SMILES string of the molecule is CC(=O)C1C(=O)CCCC1=O.CCCC.O=C1CCCC2=C1C(=O)CC1c3ccccc3OC(=O)C21.O=C1CCCC2=C1C1(CCCC1)CC1c3ccccc3OC(=O)C21.O=c1ccc2ccccc2o1. The highest BCUT2D eigenvalue weighted by Gasteiger charge is 2.55. The number of esters is 2. The molecule has 0 saturated heterocycles. The highest BCUT2D eigenvalue weighted by Crippen LogP contribution is 2.61. The van der Waals surface area contributed by atoms with E-state index in [1.807, 2.05) is 54.6 Å². The van der Waals surface area contributed by atoms with E-state index >= 15 is 0 Å². The molecule has 4 aromatic rings. The minimum atomic E-state index is -0.927. The molecule has 4 atom stereocenters. The van der Waals surface area contributed by atoms with E-state index in [1.165, 1.54) is 38.7 Å². The van der Waals surface area contributed by atoms with E-state index in [9.17, 15) is 43.2 Å². The molecule has 0 N–H and O–H groups in total. The molecule has 1 aromatic heterocycles. The summed E-state index contributed by atoms with van der Waals surface area (Å²) in [6, 6.07) is 25.9. The molecule has 2 fully saturated rings.